The first-order valence-corrected chi connectivity index (χ1v) is 7.61. The maximum Gasteiger partial charge on any atom is 0.0541 e. The van der Waals surface area contributed by atoms with Crippen LogP contribution >= 0.6 is 0 Å². The summed E-state index contributed by atoms with van der Waals surface area (Å²) >= 11 is 0. The summed E-state index contributed by atoms with van der Waals surface area (Å²) < 4.78 is 0. The number of nitrogens with one attached hydrogen (secondary N) is 1. The van der Waals surface area contributed by atoms with Gasteiger partial charge in [-0.25, -0.2) is 0 Å². The van der Waals surface area contributed by atoms with E-state index in [-0.39, 0.29) is 0 Å². The maximum absolute atomic E-state index is 4.04. The van der Waals surface area contributed by atoms with Gasteiger partial charge in [0.15, 0.2) is 0 Å². The van der Waals surface area contributed by atoms with Gasteiger partial charge in [0.05, 0.1) is 5.52 Å². The predicted molar refractivity (Wildman–Crippen MR) is 94.6 cm³/mol. The lowest BCUT2D eigenvalue weighted by Crippen LogP contribution is -1.95. The number of H-pyrrole nitrogens is 1. The van der Waals surface area contributed by atoms with Crippen molar-refractivity contribution in [3.8, 4) is 0 Å². The van der Waals surface area contributed by atoms with Crippen LogP contribution in [0.25, 0.3) is 34.0 Å². The van der Waals surface area contributed by atoms with Gasteiger partial charge < -0.3 is 4.98 Å². The molecular weight excluding hydrogens is 254 g/mol. The monoisotopic (exact) mass is 275 g/mol. The zero-order valence-corrected chi connectivity index (χ0v) is 12.6. The van der Waals surface area contributed by atoms with Crippen molar-refractivity contribution in [1.29, 1.82) is 0 Å². The number of aromatic nitrogens is 1. The molecule has 0 unspecified atom stereocenters. The van der Waals surface area contributed by atoms with Gasteiger partial charge in [0.25, 0.3) is 0 Å². The molecule has 1 nitrogen and oxygen atoms in total. The van der Waals surface area contributed by atoms with Crippen molar-refractivity contribution in [2.45, 2.75) is 26.2 Å². The van der Waals surface area contributed by atoms with Crippen LogP contribution in [0.3, 0.4) is 0 Å². The van der Waals surface area contributed by atoms with E-state index in [4.69, 9.17) is 0 Å². The van der Waals surface area contributed by atoms with Crippen molar-refractivity contribution in [3.05, 3.63) is 60.2 Å². The summed E-state index contributed by atoms with van der Waals surface area (Å²) in [6, 6.07) is 10.7. The first-order chi connectivity index (χ1) is 10.3. The SMILES string of the molecule is C=Cc1cc2c([nH]c3ccccc32)c(C=C)c1CCCC. The highest BCUT2D eigenvalue weighted by Crippen LogP contribution is 2.33. The third kappa shape index (κ3) is 2.19. The second-order valence-corrected chi connectivity index (χ2v) is 5.46. The molecule has 0 amide bonds. The van der Waals surface area contributed by atoms with E-state index >= 15 is 0 Å². The Morgan fingerprint density at radius 2 is 1.90 bits per heavy atom. The molecule has 0 radical (unpaired) electrons. The Morgan fingerprint density at radius 1 is 1.10 bits per heavy atom. The second-order valence-electron chi connectivity index (χ2n) is 5.46. The minimum Gasteiger partial charge on any atom is -0.354 e. The van der Waals surface area contributed by atoms with Gasteiger partial charge in [0, 0.05) is 21.9 Å². The minimum atomic E-state index is 1.07. The molecule has 106 valence electrons. The molecule has 0 saturated carbocycles. The van der Waals surface area contributed by atoms with Crippen LogP contribution in [0, 0.1) is 0 Å². The lowest BCUT2D eigenvalue weighted by molar-refractivity contribution is 0.794. The smallest absolute Gasteiger partial charge is 0.0541 e. The summed E-state index contributed by atoms with van der Waals surface area (Å²) in [6.07, 6.45) is 7.41. The summed E-state index contributed by atoms with van der Waals surface area (Å²) in [4.78, 5) is 3.56. The molecule has 0 saturated heterocycles. The molecule has 3 rings (SSSR count). The molecule has 1 heterocycles. The van der Waals surface area contributed by atoms with E-state index in [1.807, 2.05) is 12.2 Å². The van der Waals surface area contributed by atoms with Crippen LogP contribution in [0.15, 0.2) is 43.5 Å². The largest absolute Gasteiger partial charge is 0.354 e. The van der Waals surface area contributed by atoms with Crippen LogP contribution in [0.1, 0.15) is 36.5 Å². The molecule has 2 aromatic carbocycles. The van der Waals surface area contributed by atoms with Gasteiger partial charge in [-0.1, -0.05) is 56.9 Å². The number of fused-ring (bicyclic) bond motifs is 3. The fraction of sp³-hybridized carbons (Fsp3) is 0.200. The number of aromatic amines is 1. The highest BCUT2D eigenvalue weighted by atomic mass is 14.7. The Morgan fingerprint density at radius 3 is 2.62 bits per heavy atom. The number of benzene rings is 2. The van der Waals surface area contributed by atoms with Crippen molar-refractivity contribution in [2.75, 3.05) is 0 Å². The van der Waals surface area contributed by atoms with E-state index < -0.39 is 0 Å². The van der Waals surface area contributed by atoms with Crippen LogP contribution < -0.4 is 0 Å². The molecule has 0 aliphatic carbocycles. The van der Waals surface area contributed by atoms with Gasteiger partial charge in [-0.05, 0) is 36.1 Å². The zero-order chi connectivity index (χ0) is 14.8. The second kappa shape index (κ2) is 5.61. The summed E-state index contributed by atoms with van der Waals surface area (Å²) in [5, 5.41) is 2.52. The molecule has 1 aromatic heterocycles. The van der Waals surface area contributed by atoms with E-state index in [1.165, 1.54) is 51.3 Å². The molecule has 0 spiro atoms. The average molecular weight is 275 g/mol. The third-order valence-corrected chi connectivity index (χ3v) is 4.19. The number of unbranched alkanes of at least 4 members (excludes halogenated alkanes) is 1. The fourth-order valence-corrected chi connectivity index (χ4v) is 3.11. The van der Waals surface area contributed by atoms with Gasteiger partial charge in [0.1, 0.15) is 0 Å². The van der Waals surface area contributed by atoms with Gasteiger partial charge in [-0.3, -0.25) is 0 Å². The molecule has 0 fully saturated rings. The first-order valence-electron chi connectivity index (χ1n) is 7.61. The van der Waals surface area contributed by atoms with Crippen LogP contribution in [-0.2, 0) is 6.42 Å². The minimum absolute atomic E-state index is 1.07. The third-order valence-electron chi connectivity index (χ3n) is 4.19. The Hall–Kier alpha value is -2.28. The van der Waals surface area contributed by atoms with E-state index in [0.717, 1.165) is 6.42 Å². The van der Waals surface area contributed by atoms with Crippen LogP contribution in [0.2, 0.25) is 0 Å². The number of para-hydroxylation sites is 1. The molecule has 3 aromatic rings. The van der Waals surface area contributed by atoms with Crippen LogP contribution in [0.4, 0.5) is 0 Å². The van der Waals surface area contributed by atoms with Gasteiger partial charge in [-0.15, -0.1) is 0 Å². The maximum atomic E-state index is 4.04. The molecular formula is C20H21N. The van der Waals surface area contributed by atoms with Crippen LogP contribution in [-0.4, -0.2) is 4.98 Å². The quantitative estimate of drug-likeness (QED) is 0.592. The summed E-state index contributed by atoms with van der Waals surface area (Å²) in [7, 11) is 0. The van der Waals surface area contributed by atoms with Crippen molar-refractivity contribution < 1.29 is 0 Å². The Kier molecular flexibility index (Phi) is 3.66. The lowest BCUT2D eigenvalue weighted by Gasteiger charge is -2.12. The van der Waals surface area contributed by atoms with Crippen molar-refractivity contribution in [2.24, 2.45) is 0 Å². The van der Waals surface area contributed by atoms with Gasteiger partial charge >= 0.3 is 0 Å². The highest BCUT2D eigenvalue weighted by Gasteiger charge is 2.13. The van der Waals surface area contributed by atoms with Crippen molar-refractivity contribution in [3.63, 3.8) is 0 Å². The molecule has 0 aliphatic rings. The Labute approximate surface area is 126 Å². The fourth-order valence-electron chi connectivity index (χ4n) is 3.11. The lowest BCUT2D eigenvalue weighted by atomic mass is 9.93. The highest BCUT2D eigenvalue weighted by molar-refractivity contribution is 6.10. The zero-order valence-electron chi connectivity index (χ0n) is 12.6. The van der Waals surface area contributed by atoms with E-state index in [1.54, 1.807) is 0 Å². The normalized spacial score (nSPS) is 11.1. The van der Waals surface area contributed by atoms with Crippen LogP contribution in [0.5, 0.6) is 0 Å². The molecule has 21 heavy (non-hydrogen) atoms. The summed E-state index contributed by atoms with van der Waals surface area (Å²) in [5.74, 6) is 0. The first kappa shape index (κ1) is 13.7. The standard InChI is InChI=1S/C20H21N/c1-4-7-10-16-14(5-2)13-18-17-11-8-9-12-19(17)21-20(18)15(16)6-3/h5-6,8-9,11-13,21H,2-4,7,10H2,1H3. The Bertz CT molecular complexity index is 821. The number of rotatable bonds is 5. The molecule has 0 atom stereocenters. The van der Waals surface area contributed by atoms with E-state index in [2.05, 4.69) is 55.4 Å². The summed E-state index contributed by atoms with van der Waals surface area (Å²) in [5.41, 5.74) is 6.20. The van der Waals surface area contributed by atoms with E-state index in [9.17, 15) is 0 Å². The molecule has 1 heteroatoms. The van der Waals surface area contributed by atoms with Crippen molar-refractivity contribution in [1.82, 2.24) is 4.98 Å². The molecule has 0 aliphatic heterocycles. The predicted octanol–water partition coefficient (Wildman–Crippen LogP) is 5.95. The topological polar surface area (TPSA) is 15.8 Å². The number of hydrogen-bond donors (Lipinski definition) is 1. The Balaban J connectivity index is 2.38. The molecule has 1 N–H and O–H groups in total. The summed E-state index contributed by atoms with van der Waals surface area (Å²) in [6.45, 7) is 10.3. The molecule has 0 bridgehead atoms. The average Bonchev–Trinajstić information content (AvgIpc) is 2.89. The van der Waals surface area contributed by atoms with Crippen molar-refractivity contribution >= 4 is 34.0 Å². The number of hydrogen-bond acceptors (Lipinski definition) is 0. The van der Waals surface area contributed by atoms with Gasteiger partial charge in [0.2, 0.25) is 0 Å². The van der Waals surface area contributed by atoms with E-state index in [0.29, 0.717) is 0 Å². The van der Waals surface area contributed by atoms with Gasteiger partial charge in [-0.2, -0.15) is 0 Å².